The molecule has 27 heavy (non-hydrogen) atoms. The first-order valence-electron chi connectivity index (χ1n) is 8.47. The van der Waals surface area contributed by atoms with Crippen LogP contribution in [0.25, 0.3) is 0 Å². The molecule has 1 heterocycles. The zero-order valence-corrected chi connectivity index (χ0v) is 16.1. The minimum Gasteiger partial charge on any atom is -0.489 e. The molecule has 0 saturated carbocycles. The lowest BCUT2D eigenvalue weighted by Gasteiger charge is -2.12. The number of nitrogen functional groups attached to an aromatic ring is 1. The van der Waals surface area contributed by atoms with Crippen molar-refractivity contribution in [1.29, 1.82) is 0 Å². The normalized spacial score (nSPS) is 10.6. The van der Waals surface area contributed by atoms with E-state index in [1.807, 2.05) is 48.5 Å². The molecule has 0 atom stereocenters. The number of halogens is 1. The Balaban J connectivity index is 1.71. The van der Waals surface area contributed by atoms with Crippen LogP contribution in [0.2, 0.25) is 0 Å². The molecule has 3 aromatic rings. The third kappa shape index (κ3) is 5.08. The number of carbonyl (C=O) groups is 1. The number of carboxylic acid groups (broad SMARTS) is 1. The minimum absolute atomic E-state index is 0.0214. The van der Waals surface area contributed by atoms with E-state index in [9.17, 15) is 4.79 Å². The molecule has 3 rings (SSSR count). The summed E-state index contributed by atoms with van der Waals surface area (Å²) in [6, 6.07) is 19.1. The van der Waals surface area contributed by atoms with Gasteiger partial charge in [-0.05, 0) is 54.3 Å². The monoisotopic (exact) mass is 426 g/mol. The van der Waals surface area contributed by atoms with Crippen molar-refractivity contribution in [2.24, 2.45) is 0 Å². The van der Waals surface area contributed by atoms with Gasteiger partial charge in [-0.2, -0.15) is 0 Å². The van der Waals surface area contributed by atoms with E-state index in [1.54, 1.807) is 6.07 Å². The summed E-state index contributed by atoms with van der Waals surface area (Å²) in [6.07, 6.45) is 1.32. The van der Waals surface area contributed by atoms with Gasteiger partial charge < -0.3 is 15.6 Å². The van der Waals surface area contributed by atoms with Crippen molar-refractivity contribution in [1.82, 2.24) is 4.98 Å². The van der Waals surface area contributed by atoms with Gasteiger partial charge in [0.05, 0.1) is 0 Å². The Kier molecular flexibility index (Phi) is 6.08. The number of aromatic carboxylic acids is 1. The van der Waals surface area contributed by atoms with E-state index in [2.05, 4.69) is 20.9 Å². The van der Waals surface area contributed by atoms with Crippen molar-refractivity contribution >= 4 is 27.7 Å². The van der Waals surface area contributed by atoms with Crippen molar-refractivity contribution in [2.45, 2.75) is 19.4 Å². The number of hydrogen-bond acceptors (Lipinski definition) is 4. The molecule has 0 aliphatic rings. The highest BCUT2D eigenvalue weighted by molar-refractivity contribution is 9.10. The van der Waals surface area contributed by atoms with Gasteiger partial charge in [0.15, 0.2) is 0 Å². The van der Waals surface area contributed by atoms with Crippen LogP contribution < -0.4 is 10.5 Å². The second-order valence-corrected chi connectivity index (χ2v) is 6.98. The number of benzene rings is 2. The van der Waals surface area contributed by atoms with Crippen molar-refractivity contribution in [3.63, 3.8) is 0 Å². The fourth-order valence-corrected chi connectivity index (χ4v) is 3.13. The summed E-state index contributed by atoms with van der Waals surface area (Å²) in [5.74, 6) is -0.220. The predicted molar refractivity (Wildman–Crippen MR) is 108 cm³/mol. The number of nitrogens with zero attached hydrogens (tertiary/aromatic N) is 1. The highest BCUT2D eigenvalue weighted by atomic mass is 79.9. The van der Waals surface area contributed by atoms with Crippen LogP contribution in [0.15, 0.2) is 65.1 Å². The van der Waals surface area contributed by atoms with E-state index in [4.69, 9.17) is 15.6 Å². The number of aryl methyl sites for hydroxylation is 2. The number of hydrogen-bond donors (Lipinski definition) is 2. The Bertz CT molecular complexity index is 945. The Morgan fingerprint density at radius 3 is 2.56 bits per heavy atom. The minimum atomic E-state index is -1.07. The van der Waals surface area contributed by atoms with E-state index in [0.29, 0.717) is 19.4 Å². The third-order valence-electron chi connectivity index (χ3n) is 4.12. The van der Waals surface area contributed by atoms with Crippen LogP contribution in [-0.2, 0) is 19.4 Å². The standard InChI is InChI=1S/C21H19BrN2O3/c22-16-7-11-19(27-13-14-4-2-1-3-5-14)15(12-16)6-8-17-9-10-18(21(25)26)20(23)24-17/h1-5,7,9-12H,6,8,13H2,(H2,23,24)(H,25,26). The largest absolute Gasteiger partial charge is 0.489 e. The van der Waals surface area contributed by atoms with Gasteiger partial charge >= 0.3 is 5.97 Å². The van der Waals surface area contributed by atoms with Gasteiger partial charge in [-0.25, -0.2) is 9.78 Å². The molecule has 138 valence electrons. The second kappa shape index (κ2) is 8.68. The Morgan fingerprint density at radius 2 is 1.85 bits per heavy atom. The predicted octanol–water partition coefficient (Wildman–Crippen LogP) is 4.49. The Morgan fingerprint density at radius 1 is 1.07 bits per heavy atom. The van der Waals surface area contributed by atoms with Gasteiger partial charge in [-0.3, -0.25) is 0 Å². The lowest BCUT2D eigenvalue weighted by molar-refractivity contribution is 0.0697. The average molecular weight is 427 g/mol. The van der Waals surface area contributed by atoms with E-state index >= 15 is 0 Å². The number of anilines is 1. The molecule has 1 aromatic heterocycles. The fourth-order valence-electron chi connectivity index (χ4n) is 2.72. The molecule has 0 spiro atoms. The van der Waals surface area contributed by atoms with Crippen LogP contribution in [0.4, 0.5) is 5.82 Å². The average Bonchev–Trinajstić information content (AvgIpc) is 2.66. The highest BCUT2D eigenvalue weighted by Crippen LogP contribution is 2.26. The van der Waals surface area contributed by atoms with Crippen LogP contribution in [0.5, 0.6) is 5.75 Å². The molecule has 0 amide bonds. The summed E-state index contributed by atoms with van der Waals surface area (Å²) in [5.41, 5.74) is 8.64. The summed E-state index contributed by atoms with van der Waals surface area (Å²) in [7, 11) is 0. The van der Waals surface area contributed by atoms with Gasteiger partial charge in [-0.1, -0.05) is 46.3 Å². The van der Waals surface area contributed by atoms with E-state index in [-0.39, 0.29) is 11.4 Å². The molecule has 5 nitrogen and oxygen atoms in total. The molecule has 0 aliphatic heterocycles. The maximum absolute atomic E-state index is 11.0. The van der Waals surface area contributed by atoms with Gasteiger partial charge in [0.25, 0.3) is 0 Å². The molecule has 0 unspecified atom stereocenters. The first kappa shape index (κ1) is 18.9. The first-order chi connectivity index (χ1) is 13.0. The van der Waals surface area contributed by atoms with Gasteiger partial charge in [0, 0.05) is 10.2 Å². The van der Waals surface area contributed by atoms with E-state index < -0.39 is 5.97 Å². The fraction of sp³-hybridized carbons (Fsp3) is 0.143. The van der Waals surface area contributed by atoms with Crippen molar-refractivity contribution < 1.29 is 14.6 Å². The third-order valence-corrected chi connectivity index (χ3v) is 4.62. The second-order valence-electron chi connectivity index (χ2n) is 6.07. The number of carboxylic acids is 1. The summed E-state index contributed by atoms with van der Waals surface area (Å²) in [6.45, 7) is 0.494. The molecular weight excluding hydrogens is 408 g/mol. The topological polar surface area (TPSA) is 85.4 Å². The summed E-state index contributed by atoms with van der Waals surface area (Å²) in [4.78, 5) is 15.2. The van der Waals surface area contributed by atoms with Crippen molar-refractivity contribution in [3.8, 4) is 5.75 Å². The molecular formula is C21H19BrN2O3. The zero-order valence-electron chi connectivity index (χ0n) is 14.6. The Hall–Kier alpha value is -2.86. The first-order valence-corrected chi connectivity index (χ1v) is 9.26. The molecule has 0 fully saturated rings. The molecule has 2 aromatic carbocycles. The number of rotatable bonds is 7. The lowest BCUT2D eigenvalue weighted by atomic mass is 10.1. The molecule has 3 N–H and O–H groups in total. The van der Waals surface area contributed by atoms with Crippen LogP contribution >= 0.6 is 15.9 Å². The highest BCUT2D eigenvalue weighted by Gasteiger charge is 2.11. The number of pyridine rings is 1. The van der Waals surface area contributed by atoms with Gasteiger partial charge in [0.2, 0.25) is 0 Å². The maximum Gasteiger partial charge on any atom is 0.339 e. The number of aromatic nitrogens is 1. The SMILES string of the molecule is Nc1nc(CCc2cc(Br)ccc2OCc2ccccc2)ccc1C(=O)O. The summed E-state index contributed by atoms with van der Waals surface area (Å²) in [5, 5.41) is 9.04. The zero-order chi connectivity index (χ0) is 19.2. The maximum atomic E-state index is 11.0. The van der Waals surface area contributed by atoms with Crippen LogP contribution in [0.3, 0.4) is 0 Å². The van der Waals surface area contributed by atoms with Crippen LogP contribution in [0.1, 0.15) is 27.2 Å². The molecule has 0 radical (unpaired) electrons. The summed E-state index contributed by atoms with van der Waals surface area (Å²) >= 11 is 3.50. The van der Waals surface area contributed by atoms with E-state index in [1.165, 1.54) is 6.07 Å². The molecule has 6 heteroatoms. The Labute approximate surface area is 166 Å². The van der Waals surface area contributed by atoms with Crippen LogP contribution in [-0.4, -0.2) is 16.1 Å². The smallest absolute Gasteiger partial charge is 0.339 e. The number of nitrogens with two attached hydrogens (primary N) is 1. The van der Waals surface area contributed by atoms with Gasteiger partial charge in [-0.15, -0.1) is 0 Å². The van der Waals surface area contributed by atoms with Crippen LogP contribution in [0, 0.1) is 0 Å². The van der Waals surface area contributed by atoms with Crippen molar-refractivity contribution in [2.75, 3.05) is 5.73 Å². The van der Waals surface area contributed by atoms with Crippen molar-refractivity contribution in [3.05, 3.63) is 87.5 Å². The molecule has 0 bridgehead atoms. The molecule has 0 aliphatic carbocycles. The lowest BCUT2D eigenvalue weighted by Crippen LogP contribution is -2.07. The quantitative estimate of drug-likeness (QED) is 0.581. The number of ether oxygens (including phenoxy) is 1. The van der Waals surface area contributed by atoms with Gasteiger partial charge in [0.1, 0.15) is 23.7 Å². The summed E-state index contributed by atoms with van der Waals surface area (Å²) < 4.78 is 6.97. The molecule has 0 saturated heterocycles. The van der Waals surface area contributed by atoms with E-state index in [0.717, 1.165) is 27.0 Å².